The number of aryl methyl sites for hydroxylation is 2. The lowest BCUT2D eigenvalue weighted by atomic mass is 10.0. The molecule has 4 nitrogen and oxygen atoms in total. The molecule has 0 fully saturated rings. The van der Waals surface area contributed by atoms with Gasteiger partial charge in [-0.05, 0) is 54.6 Å². The van der Waals surface area contributed by atoms with Gasteiger partial charge in [0.1, 0.15) is 11.3 Å². The minimum absolute atomic E-state index is 0.310. The van der Waals surface area contributed by atoms with Crippen molar-refractivity contribution in [1.82, 2.24) is 0 Å². The van der Waals surface area contributed by atoms with Gasteiger partial charge in [-0.15, -0.1) is 0 Å². The predicted molar refractivity (Wildman–Crippen MR) is 108 cm³/mol. The van der Waals surface area contributed by atoms with Crippen LogP contribution in [0.1, 0.15) is 16.7 Å². The molecule has 4 heteroatoms. The summed E-state index contributed by atoms with van der Waals surface area (Å²) in [7, 11) is 0. The molecule has 0 spiro atoms. The molecule has 5 rings (SSSR count). The average molecular weight is 357 g/mol. The van der Waals surface area contributed by atoms with Gasteiger partial charge in [0.05, 0.1) is 17.5 Å². The maximum Gasteiger partial charge on any atom is 0.344 e. The fourth-order valence-corrected chi connectivity index (χ4v) is 3.87. The molecule has 3 aromatic carbocycles. The highest BCUT2D eigenvalue weighted by molar-refractivity contribution is 6.05. The van der Waals surface area contributed by atoms with Crippen molar-refractivity contribution in [1.29, 1.82) is 0 Å². The highest BCUT2D eigenvalue weighted by Crippen LogP contribution is 2.36. The van der Waals surface area contributed by atoms with Gasteiger partial charge in [0.15, 0.2) is 6.73 Å². The first-order chi connectivity index (χ1) is 13.1. The second kappa shape index (κ2) is 5.88. The highest BCUT2D eigenvalue weighted by Gasteiger charge is 2.23. The molecule has 4 aromatic rings. The summed E-state index contributed by atoms with van der Waals surface area (Å²) in [6, 6.07) is 17.9. The molecule has 0 N–H and O–H groups in total. The van der Waals surface area contributed by atoms with Crippen molar-refractivity contribution in [2.24, 2.45) is 0 Å². The van der Waals surface area contributed by atoms with Crippen molar-refractivity contribution in [2.45, 2.75) is 20.4 Å². The third-order valence-corrected chi connectivity index (χ3v) is 5.28. The molecule has 0 bridgehead atoms. The lowest BCUT2D eigenvalue weighted by Gasteiger charge is -2.32. The molecule has 1 aliphatic heterocycles. The van der Waals surface area contributed by atoms with E-state index in [1.165, 1.54) is 11.1 Å². The van der Waals surface area contributed by atoms with Crippen LogP contribution in [0.15, 0.2) is 63.8 Å². The average Bonchev–Trinajstić information content (AvgIpc) is 2.69. The smallest absolute Gasteiger partial charge is 0.344 e. The number of anilines is 1. The summed E-state index contributed by atoms with van der Waals surface area (Å²) in [5.41, 5.74) is 4.77. The van der Waals surface area contributed by atoms with Gasteiger partial charge in [0.25, 0.3) is 0 Å². The van der Waals surface area contributed by atoms with E-state index in [4.69, 9.17) is 9.15 Å². The molecular formula is C23H19NO3. The zero-order valence-corrected chi connectivity index (χ0v) is 15.3. The molecule has 0 atom stereocenters. The van der Waals surface area contributed by atoms with Crippen LogP contribution in [0.4, 0.5) is 5.69 Å². The quantitative estimate of drug-likeness (QED) is 0.358. The van der Waals surface area contributed by atoms with E-state index >= 15 is 0 Å². The predicted octanol–water partition coefficient (Wildman–Crippen LogP) is 4.92. The first-order valence-corrected chi connectivity index (χ1v) is 9.04. The molecule has 134 valence electrons. The van der Waals surface area contributed by atoms with E-state index in [-0.39, 0.29) is 5.63 Å². The Labute approximate surface area is 156 Å². The van der Waals surface area contributed by atoms with E-state index in [1.54, 1.807) is 6.07 Å². The molecule has 1 aliphatic rings. The van der Waals surface area contributed by atoms with Crippen LogP contribution in [0.2, 0.25) is 0 Å². The molecule has 0 radical (unpaired) electrons. The van der Waals surface area contributed by atoms with Gasteiger partial charge in [-0.25, -0.2) is 4.79 Å². The summed E-state index contributed by atoms with van der Waals surface area (Å²) in [5, 5.41) is 2.46. The monoisotopic (exact) mass is 357 g/mol. The first kappa shape index (κ1) is 15.9. The van der Waals surface area contributed by atoms with Crippen molar-refractivity contribution < 1.29 is 9.15 Å². The van der Waals surface area contributed by atoms with E-state index in [9.17, 15) is 4.79 Å². The number of nitrogens with zero attached hydrogens (tertiary/aromatic N) is 1. The Morgan fingerprint density at radius 3 is 2.59 bits per heavy atom. The number of benzene rings is 3. The maximum atomic E-state index is 12.5. The largest absolute Gasteiger partial charge is 0.473 e. The molecule has 2 heterocycles. The van der Waals surface area contributed by atoms with Crippen LogP contribution in [-0.2, 0) is 6.54 Å². The van der Waals surface area contributed by atoms with Crippen LogP contribution >= 0.6 is 0 Å². The minimum atomic E-state index is -0.310. The molecule has 1 aromatic heterocycles. The van der Waals surface area contributed by atoms with Gasteiger partial charge in [-0.1, -0.05) is 30.3 Å². The third-order valence-electron chi connectivity index (χ3n) is 5.28. The fraction of sp³-hybridized carbons (Fsp3) is 0.174. The maximum absolute atomic E-state index is 12.5. The summed E-state index contributed by atoms with van der Waals surface area (Å²) in [6.45, 7) is 5.29. The number of fused-ring (bicyclic) bond motifs is 5. The Morgan fingerprint density at radius 2 is 1.74 bits per heavy atom. The summed E-state index contributed by atoms with van der Waals surface area (Å²) in [5.74, 6) is 0.780. The Balaban J connectivity index is 1.71. The number of ether oxygens (including phenoxy) is 1. The molecule has 0 saturated heterocycles. The van der Waals surface area contributed by atoms with Gasteiger partial charge < -0.3 is 14.1 Å². The van der Waals surface area contributed by atoms with Crippen LogP contribution in [0.3, 0.4) is 0 Å². The van der Waals surface area contributed by atoms with Crippen molar-refractivity contribution >= 4 is 27.4 Å². The minimum Gasteiger partial charge on any atom is -0.473 e. The summed E-state index contributed by atoms with van der Waals surface area (Å²) >= 11 is 0. The molecular weight excluding hydrogens is 338 g/mol. The summed E-state index contributed by atoms with van der Waals surface area (Å²) in [4.78, 5) is 14.7. The van der Waals surface area contributed by atoms with E-state index in [0.717, 1.165) is 27.8 Å². The lowest BCUT2D eigenvalue weighted by Crippen LogP contribution is -2.32. The van der Waals surface area contributed by atoms with Crippen molar-refractivity contribution in [3.05, 3.63) is 81.7 Å². The van der Waals surface area contributed by atoms with Crippen molar-refractivity contribution in [3.8, 4) is 5.75 Å². The third kappa shape index (κ3) is 2.48. The summed E-state index contributed by atoms with van der Waals surface area (Å²) in [6.07, 6.45) is 0. The Bertz CT molecular complexity index is 1260. The SMILES string of the molecule is Cc1ccc(C)c(N2COc3ccc4c(oc(=O)c5ccccc54)c3C2)c1. The zero-order chi connectivity index (χ0) is 18.5. The Morgan fingerprint density at radius 1 is 0.926 bits per heavy atom. The van der Waals surface area contributed by atoms with Crippen LogP contribution in [0.25, 0.3) is 21.7 Å². The van der Waals surface area contributed by atoms with Gasteiger partial charge in [0.2, 0.25) is 0 Å². The molecule has 0 amide bonds. The van der Waals surface area contributed by atoms with Crippen molar-refractivity contribution in [2.75, 3.05) is 11.6 Å². The van der Waals surface area contributed by atoms with Crippen LogP contribution in [0.5, 0.6) is 5.75 Å². The molecule has 0 saturated carbocycles. The van der Waals surface area contributed by atoms with Gasteiger partial charge in [-0.2, -0.15) is 0 Å². The van der Waals surface area contributed by atoms with E-state index in [0.29, 0.717) is 24.2 Å². The normalized spacial score (nSPS) is 13.6. The van der Waals surface area contributed by atoms with Gasteiger partial charge >= 0.3 is 5.63 Å². The Hall–Kier alpha value is -3.27. The molecule has 0 unspecified atom stereocenters. The van der Waals surface area contributed by atoms with Crippen molar-refractivity contribution in [3.63, 3.8) is 0 Å². The van der Waals surface area contributed by atoms with Gasteiger partial charge in [-0.3, -0.25) is 0 Å². The zero-order valence-electron chi connectivity index (χ0n) is 15.3. The molecule has 27 heavy (non-hydrogen) atoms. The van der Waals surface area contributed by atoms with E-state index in [1.807, 2.05) is 30.3 Å². The highest BCUT2D eigenvalue weighted by atomic mass is 16.5. The number of hydrogen-bond acceptors (Lipinski definition) is 4. The second-order valence-corrected chi connectivity index (χ2v) is 7.12. The fourth-order valence-electron chi connectivity index (χ4n) is 3.87. The molecule has 0 aliphatic carbocycles. The van der Waals surface area contributed by atoms with Crippen LogP contribution in [0, 0.1) is 13.8 Å². The number of hydrogen-bond donors (Lipinski definition) is 0. The standard InChI is InChI=1S/C23H19NO3/c1-14-7-8-15(2)20(11-14)24-12-19-21(26-13-24)10-9-17-16-5-3-4-6-18(16)23(25)27-22(17)19/h3-11H,12-13H2,1-2H3. The van der Waals surface area contributed by atoms with Crippen LogP contribution < -0.4 is 15.3 Å². The Kier molecular flexibility index (Phi) is 3.47. The summed E-state index contributed by atoms with van der Waals surface area (Å²) < 4.78 is 11.8. The second-order valence-electron chi connectivity index (χ2n) is 7.12. The first-order valence-electron chi connectivity index (χ1n) is 9.04. The lowest BCUT2D eigenvalue weighted by molar-refractivity contribution is 0.289. The van der Waals surface area contributed by atoms with E-state index in [2.05, 4.69) is 36.9 Å². The van der Waals surface area contributed by atoms with Gasteiger partial charge in [0, 0.05) is 11.1 Å². The van der Waals surface area contributed by atoms with E-state index < -0.39 is 0 Å². The van der Waals surface area contributed by atoms with Crippen LogP contribution in [-0.4, -0.2) is 6.73 Å². The number of rotatable bonds is 1. The topological polar surface area (TPSA) is 42.7 Å².